The van der Waals surface area contributed by atoms with Crippen LogP contribution in [0.15, 0.2) is 22.7 Å². The summed E-state index contributed by atoms with van der Waals surface area (Å²) >= 11 is 12.0. The van der Waals surface area contributed by atoms with Gasteiger partial charge < -0.3 is 9.84 Å². The minimum absolute atomic E-state index is 0.345. The lowest BCUT2D eigenvalue weighted by Crippen LogP contribution is -2.26. The van der Waals surface area contributed by atoms with Crippen molar-refractivity contribution < 1.29 is 4.52 Å². The highest BCUT2D eigenvalue weighted by Gasteiger charge is 2.21. The summed E-state index contributed by atoms with van der Waals surface area (Å²) in [6, 6.07) is 5.25. The van der Waals surface area contributed by atoms with Gasteiger partial charge >= 0.3 is 0 Å². The third-order valence-corrected chi connectivity index (χ3v) is 3.69. The summed E-state index contributed by atoms with van der Waals surface area (Å²) in [7, 11) is 0. The van der Waals surface area contributed by atoms with Gasteiger partial charge in [0.25, 0.3) is 0 Å². The monoisotopic (exact) mass is 297 g/mol. The number of nitrogens with one attached hydrogen (secondary N) is 1. The van der Waals surface area contributed by atoms with Gasteiger partial charge in [0.2, 0.25) is 11.7 Å². The zero-order chi connectivity index (χ0) is 13.2. The van der Waals surface area contributed by atoms with E-state index in [1.165, 1.54) is 0 Å². The minimum atomic E-state index is 0.345. The summed E-state index contributed by atoms with van der Waals surface area (Å²) in [5.74, 6) is 1.59. The van der Waals surface area contributed by atoms with Gasteiger partial charge in [-0.25, -0.2) is 0 Å². The Morgan fingerprint density at radius 3 is 2.47 bits per heavy atom. The highest BCUT2D eigenvalue weighted by atomic mass is 35.5. The molecule has 1 saturated heterocycles. The lowest BCUT2D eigenvalue weighted by atomic mass is 9.98. The van der Waals surface area contributed by atoms with Crippen molar-refractivity contribution in [2.24, 2.45) is 0 Å². The summed E-state index contributed by atoms with van der Waals surface area (Å²) in [6.45, 7) is 1.98. The number of piperidine rings is 1. The maximum atomic E-state index is 5.98. The van der Waals surface area contributed by atoms with Gasteiger partial charge in [-0.1, -0.05) is 28.4 Å². The van der Waals surface area contributed by atoms with Crippen molar-refractivity contribution in [3.05, 3.63) is 34.1 Å². The van der Waals surface area contributed by atoms with Gasteiger partial charge in [-0.05, 0) is 44.1 Å². The number of halogens is 2. The van der Waals surface area contributed by atoms with Crippen LogP contribution in [0.5, 0.6) is 0 Å². The Morgan fingerprint density at radius 2 is 1.79 bits per heavy atom. The lowest BCUT2D eigenvalue weighted by Gasteiger charge is -2.18. The van der Waals surface area contributed by atoms with Crippen LogP contribution in [0.4, 0.5) is 0 Å². The smallest absolute Gasteiger partial charge is 0.230 e. The zero-order valence-corrected chi connectivity index (χ0v) is 11.7. The van der Waals surface area contributed by atoms with Crippen LogP contribution in [-0.2, 0) is 0 Å². The average Bonchev–Trinajstić information content (AvgIpc) is 2.88. The van der Waals surface area contributed by atoms with Crippen LogP contribution in [-0.4, -0.2) is 23.2 Å². The molecule has 0 saturated carbocycles. The zero-order valence-electron chi connectivity index (χ0n) is 10.2. The van der Waals surface area contributed by atoms with E-state index < -0.39 is 0 Å². The standard InChI is InChI=1S/C13H13Cl2N3O/c14-10-5-9(6-11(15)7-10)12-17-13(19-18-12)8-1-3-16-4-2-8/h5-8,16H,1-4H2. The highest BCUT2D eigenvalue weighted by molar-refractivity contribution is 6.35. The predicted octanol–water partition coefficient (Wildman–Crippen LogP) is 3.51. The first-order valence-corrected chi connectivity index (χ1v) is 6.99. The molecule has 0 amide bonds. The second-order valence-corrected chi connectivity index (χ2v) is 5.51. The molecular formula is C13H13Cl2N3O. The molecule has 19 heavy (non-hydrogen) atoms. The second kappa shape index (κ2) is 5.49. The van der Waals surface area contributed by atoms with Crippen LogP contribution in [0.2, 0.25) is 10.0 Å². The molecule has 3 rings (SSSR count). The largest absolute Gasteiger partial charge is 0.339 e. The Labute approximate surface area is 121 Å². The number of aromatic nitrogens is 2. The number of rotatable bonds is 2. The van der Waals surface area contributed by atoms with E-state index in [1.807, 2.05) is 0 Å². The fourth-order valence-electron chi connectivity index (χ4n) is 2.27. The van der Waals surface area contributed by atoms with E-state index in [1.54, 1.807) is 18.2 Å². The lowest BCUT2D eigenvalue weighted by molar-refractivity contribution is 0.320. The molecule has 1 aliphatic heterocycles. The van der Waals surface area contributed by atoms with Crippen molar-refractivity contribution >= 4 is 23.2 Å². The molecule has 6 heteroatoms. The quantitative estimate of drug-likeness (QED) is 0.921. The Balaban J connectivity index is 1.87. The molecule has 1 aromatic carbocycles. The SMILES string of the molecule is Clc1cc(Cl)cc(-c2noc(C3CCNCC3)n2)c1. The third kappa shape index (κ3) is 2.91. The third-order valence-electron chi connectivity index (χ3n) is 3.25. The van der Waals surface area contributed by atoms with Crippen molar-refractivity contribution in [3.8, 4) is 11.4 Å². The van der Waals surface area contributed by atoms with Crippen molar-refractivity contribution in [1.82, 2.24) is 15.5 Å². The molecule has 100 valence electrons. The molecular weight excluding hydrogens is 285 g/mol. The minimum Gasteiger partial charge on any atom is -0.339 e. The number of nitrogens with zero attached hydrogens (tertiary/aromatic N) is 2. The van der Waals surface area contributed by atoms with Crippen LogP contribution in [0.1, 0.15) is 24.7 Å². The number of benzene rings is 1. The first-order chi connectivity index (χ1) is 9.22. The summed E-state index contributed by atoms with van der Waals surface area (Å²) in [4.78, 5) is 4.46. The molecule has 1 aliphatic rings. The molecule has 0 unspecified atom stereocenters. The molecule has 2 heterocycles. The van der Waals surface area contributed by atoms with Crippen molar-refractivity contribution in [1.29, 1.82) is 0 Å². The van der Waals surface area contributed by atoms with Gasteiger partial charge in [0.05, 0.1) is 0 Å². The van der Waals surface area contributed by atoms with Gasteiger partial charge in [0.1, 0.15) is 0 Å². The Morgan fingerprint density at radius 1 is 1.11 bits per heavy atom. The molecule has 1 N–H and O–H groups in total. The molecule has 0 radical (unpaired) electrons. The fourth-order valence-corrected chi connectivity index (χ4v) is 2.80. The van der Waals surface area contributed by atoms with Crippen LogP contribution in [0, 0.1) is 0 Å². The van der Waals surface area contributed by atoms with Gasteiger partial charge in [0.15, 0.2) is 0 Å². The van der Waals surface area contributed by atoms with E-state index in [-0.39, 0.29) is 0 Å². The normalized spacial score (nSPS) is 16.7. The molecule has 0 aliphatic carbocycles. The van der Waals surface area contributed by atoms with E-state index >= 15 is 0 Å². The van der Waals surface area contributed by atoms with Crippen LogP contribution in [0.25, 0.3) is 11.4 Å². The van der Waals surface area contributed by atoms with E-state index in [0.29, 0.717) is 27.7 Å². The average molecular weight is 298 g/mol. The van der Waals surface area contributed by atoms with Gasteiger partial charge in [-0.3, -0.25) is 0 Å². The summed E-state index contributed by atoms with van der Waals surface area (Å²) in [6.07, 6.45) is 2.05. The highest BCUT2D eigenvalue weighted by Crippen LogP contribution is 2.28. The van der Waals surface area contributed by atoms with Crippen molar-refractivity contribution in [2.75, 3.05) is 13.1 Å². The van der Waals surface area contributed by atoms with Crippen LogP contribution in [0.3, 0.4) is 0 Å². The molecule has 0 bridgehead atoms. The first-order valence-electron chi connectivity index (χ1n) is 6.23. The fraction of sp³-hybridized carbons (Fsp3) is 0.385. The van der Waals surface area contributed by atoms with E-state index in [4.69, 9.17) is 27.7 Å². The summed E-state index contributed by atoms with van der Waals surface area (Å²) in [5, 5.41) is 8.46. The van der Waals surface area contributed by atoms with E-state index in [0.717, 1.165) is 31.5 Å². The molecule has 1 aromatic heterocycles. The molecule has 0 spiro atoms. The molecule has 0 atom stereocenters. The Hall–Kier alpha value is -1.10. The summed E-state index contributed by atoms with van der Waals surface area (Å²) < 4.78 is 5.36. The van der Waals surface area contributed by atoms with Gasteiger partial charge in [0, 0.05) is 21.5 Å². The number of hydrogen-bond donors (Lipinski definition) is 1. The van der Waals surface area contributed by atoms with Crippen LogP contribution >= 0.6 is 23.2 Å². The maximum Gasteiger partial charge on any atom is 0.230 e. The second-order valence-electron chi connectivity index (χ2n) is 4.64. The predicted molar refractivity (Wildman–Crippen MR) is 74.6 cm³/mol. The molecule has 2 aromatic rings. The van der Waals surface area contributed by atoms with Gasteiger partial charge in [-0.15, -0.1) is 0 Å². The Kier molecular flexibility index (Phi) is 3.73. The van der Waals surface area contributed by atoms with Crippen LogP contribution < -0.4 is 5.32 Å². The summed E-state index contributed by atoms with van der Waals surface area (Å²) in [5.41, 5.74) is 0.779. The van der Waals surface area contributed by atoms with E-state index in [9.17, 15) is 0 Å². The number of hydrogen-bond acceptors (Lipinski definition) is 4. The topological polar surface area (TPSA) is 51.0 Å². The van der Waals surface area contributed by atoms with E-state index in [2.05, 4.69) is 15.5 Å². The molecule has 4 nitrogen and oxygen atoms in total. The van der Waals surface area contributed by atoms with Crippen molar-refractivity contribution in [2.45, 2.75) is 18.8 Å². The first kappa shape index (κ1) is 12.9. The maximum absolute atomic E-state index is 5.98. The molecule has 1 fully saturated rings. The van der Waals surface area contributed by atoms with Crippen molar-refractivity contribution in [3.63, 3.8) is 0 Å². The van der Waals surface area contributed by atoms with Gasteiger partial charge in [-0.2, -0.15) is 4.98 Å². The Bertz CT molecular complexity index is 559.